The molecule has 1 aliphatic rings. The van der Waals surface area contributed by atoms with Gasteiger partial charge >= 0.3 is 0 Å². The molecule has 0 spiro atoms. The smallest absolute Gasteiger partial charge is 0.119 e. The summed E-state index contributed by atoms with van der Waals surface area (Å²) >= 11 is 0. The van der Waals surface area contributed by atoms with Gasteiger partial charge in [-0.3, -0.25) is 10.00 Å². The molecule has 6 nitrogen and oxygen atoms in total. The number of aromatic nitrogens is 3. The maximum absolute atomic E-state index is 5.95. The Hall–Kier alpha value is -3.61. The lowest BCUT2D eigenvalue weighted by molar-refractivity contribution is 0.0322. The largest absolute Gasteiger partial charge is 0.492 e. The van der Waals surface area contributed by atoms with Gasteiger partial charge in [-0.1, -0.05) is 36.4 Å². The summed E-state index contributed by atoms with van der Waals surface area (Å²) in [7, 11) is 0. The van der Waals surface area contributed by atoms with E-state index in [4.69, 9.17) is 9.47 Å². The average molecular weight is 441 g/mol. The summed E-state index contributed by atoms with van der Waals surface area (Å²) in [5.74, 6) is 0.884. The fourth-order valence-corrected chi connectivity index (χ4v) is 3.89. The zero-order valence-electron chi connectivity index (χ0n) is 18.5. The Balaban J connectivity index is 1.16. The summed E-state index contributed by atoms with van der Waals surface area (Å²) in [4.78, 5) is 5.62. The molecule has 0 unspecified atom stereocenters. The molecule has 0 saturated carbocycles. The Morgan fingerprint density at radius 2 is 1.82 bits per heavy atom. The summed E-state index contributed by atoms with van der Waals surface area (Å²) in [6.07, 6.45) is 10.1. The van der Waals surface area contributed by atoms with Crippen molar-refractivity contribution in [1.29, 1.82) is 0 Å². The number of benzene rings is 2. The SMILES string of the molecule is C(=Cc1cc(C=Cc2ccc3cc[nH]c3c2)[nH]n1)c1cccc(OCCN2CCOCC2)c1. The predicted molar refractivity (Wildman–Crippen MR) is 134 cm³/mol. The van der Waals surface area contributed by atoms with E-state index in [1.165, 1.54) is 5.39 Å². The molecular weight excluding hydrogens is 412 g/mol. The number of hydrogen-bond acceptors (Lipinski definition) is 4. The van der Waals surface area contributed by atoms with E-state index in [-0.39, 0.29) is 0 Å². The lowest BCUT2D eigenvalue weighted by Crippen LogP contribution is -2.38. The van der Waals surface area contributed by atoms with E-state index in [0.29, 0.717) is 6.61 Å². The van der Waals surface area contributed by atoms with Gasteiger partial charge in [-0.15, -0.1) is 0 Å². The second kappa shape index (κ2) is 10.3. The van der Waals surface area contributed by atoms with Crippen LogP contribution in [0.2, 0.25) is 0 Å². The highest BCUT2D eigenvalue weighted by atomic mass is 16.5. The van der Waals surface area contributed by atoms with Gasteiger partial charge in [0.15, 0.2) is 0 Å². The third-order valence-electron chi connectivity index (χ3n) is 5.74. The third kappa shape index (κ3) is 5.80. The fourth-order valence-electron chi connectivity index (χ4n) is 3.89. The minimum absolute atomic E-state index is 0.680. The highest BCUT2D eigenvalue weighted by molar-refractivity contribution is 5.83. The normalized spacial score (nSPS) is 15.2. The number of nitrogens with zero attached hydrogens (tertiary/aromatic N) is 2. The zero-order chi connectivity index (χ0) is 22.3. The molecule has 0 aliphatic carbocycles. The third-order valence-corrected chi connectivity index (χ3v) is 5.74. The Bertz CT molecular complexity index is 1250. The Morgan fingerprint density at radius 1 is 0.939 bits per heavy atom. The maximum Gasteiger partial charge on any atom is 0.119 e. The second-order valence-electron chi connectivity index (χ2n) is 8.11. The number of ether oxygens (including phenoxy) is 2. The number of H-pyrrole nitrogens is 2. The van der Waals surface area contributed by atoms with Gasteiger partial charge in [0.2, 0.25) is 0 Å². The number of rotatable bonds is 8. The molecule has 3 heterocycles. The number of nitrogens with one attached hydrogen (secondary N) is 2. The lowest BCUT2D eigenvalue weighted by atomic mass is 10.1. The summed E-state index contributed by atoms with van der Waals surface area (Å²) in [6, 6.07) is 18.6. The van der Waals surface area contributed by atoms with Gasteiger partial charge in [-0.2, -0.15) is 5.10 Å². The number of hydrogen-bond donors (Lipinski definition) is 2. The van der Waals surface area contributed by atoms with Crippen molar-refractivity contribution in [1.82, 2.24) is 20.1 Å². The Kier molecular flexibility index (Phi) is 6.66. The monoisotopic (exact) mass is 440 g/mol. The molecule has 4 aromatic rings. The van der Waals surface area contributed by atoms with Gasteiger partial charge in [0.1, 0.15) is 12.4 Å². The molecule has 0 radical (unpaired) electrons. The first-order valence-electron chi connectivity index (χ1n) is 11.3. The minimum Gasteiger partial charge on any atom is -0.492 e. The lowest BCUT2D eigenvalue weighted by Gasteiger charge is -2.26. The molecule has 2 aromatic heterocycles. The molecular formula is C27H28N4O2. The van der Waals surface area contributed by atoms with E-state index in [9.17, 15) is 0 Å². The molecule has 5 rings (SSSR count). The molecule has 6 heteroatoms. The van der Waals surface area contributed by atoms with Crippen molar-refractivity contribution in [2.75, 3.05) is 39.5 Å². The first kappa shape index (κ1) is 21.2. The summed E-state index contributed by atoms with van der Waals surface area (Å²) in [5, 5.41) is 8.69. The number of morpholine rings is 1. The van der Waals surface area contributed by atoms with Crippen LogP contribution in [0.25, 0.3) is 35.2 Å². The van der Waals surface area contributed by atoms with Crippen molar-refractivity contribution in [2.45, 2.75) is 0 Å². The molecule has 2 N–H and O–H groups in total. The van der Waals surface area contributed by atoms with Crippen LogP contribution in [0.3, 0.4) is 0 Å². The van der Waals surface area contributed by atoms with Crippen molar-refractivity contribution in [2.24, 2.45) is 0 Å². The number of aromatic amines is 2. The van der Waals surface area contributed by atoms with E-state index in [1.54, 1.807) is 0 Å². The van der Waals surface area contributed by atoms with Crippen LogP contribution in [0, 0.1) is 0 Å². The Labute approximate surface area is 193 Å². The first-order valence-corrected chi connectivity index (χ1v) is 11.3. The van der Waals surface area contributed by atoms with Gasteiger partial charge in [0.25, 0.3) is 0 Å². The van der Waals surface area contributed by atoms with Crippen molar-refractivity contribution in [3.63, 3.8) is 0 Å². The summed E-state index contributed by atoms with van der Waals surface area (Å²) in [6.45, 7) is 5.19. The quantitative estimate of drug-likeness (QED) is 0.407. The van der Waals surface area contributed by atoms with E-state index >= 15 is 0 Å². The minimum atomic E-state index is 0.680. The van der Waals surface area contributed by atoms with Crippen LogP contribution in [0.15, 0.2) is 60.8 Å². The molecule has 1 fully saturated rings. The van der Waals surface area contributed by atoms with Crippen LogP contribution < -0.4 is 4.74 Å². The van der Waals surface area contributed by atoms with Crippen LogP contribution in [0.4, 0.5) is 0 Å². The molecule has 1 saturated heterocycles. The van der Waals surface area contributed by atoms with Crippen LogP contribution in [0.1, 0.15) is 22.5 Å². The van der Waals surface area contributed by atoms with Crippen LogP contribution in [-0.4, -0.2) is 59.5 Å². The molecule has 33 heavy (non-hydrogen) atoms. The second-order valence-corrected chi connectivity index (χ2v) is 8.11. The first-order chi connectivity index (χ1) is 16.3. The molecule has 1 aliphatic heterocycles. The molecule has 0 atom stereocenters. The topological polar surface area (TPSA) is 66.2 Å². The van der Waals surface area contributed by atoms with Crippen molar-refractivity contribution in [3.05, 3.63) is 83.3 Å². The summed E-state index contributed by atoms with van der Waals surface area (Å²) < 4.78 is 11.3. The van der Waals surface area contributed by atoms with Crippen molar-refractivity contribution in [3.8, 4) is 5.75 Å². The van der Waals surface area contributed by atoms with Crippen molar-refractivity contribution >= 4 is 35.2 Å². The molecule has 168 valence electrons. The molecule has 0 amide bonds. The van der Waals surface area contributed by atoms with E-state index in [2.05, 4.69) is 68.6 Å². The van der Waals surface area contributed by atoms with E-state index in [0.717, 1.165) is 66.6 Å². The highest BCUT2D eigenvalue weighted by Gasteiger charge is 2.09. The molecule has 0 bridgehead atoms. The van der Waals surface area contributed by atoms with Gasteiger partial charge in [-0.05, 0) is 59.0 Å². The standard InChI is InChI=1S/C27H28N4O2/c1-2-21(18-26(3-1)33-17-14-31-12-15-32-16-13-31)5-8-24-20-25(30-29-24)9-6-22-4-7-23-10-11-28-27(23)19-22/h1-11,18-20,28H,12-17H2,(H,29,30). The van der Waals surface area contributed by atoms with Crippen LogP contribution >= 0.6 is 0 Å². The number of fused-ring (bicyclic) bond motifs is 1. The zero-order valence-corrected chi connectivity index (χ0v) is 18.5. The average Bonchev–Trinajstić information content (AvgIpc) is 3.51. The Morgan fingerprint density at radius 3 is 2.76 bits per heavy atom. The van der Waals surface area contributed by atoms with Crippen molar-refractivity contribution < 1.29 is 9.47 Å². The van der Waals surface area contributed by atoms with Crippen LogP contribution in [-0.2, 0) is 4.74 Å². The maximum atomic E-state index is 5.95. The predicted octanol–water partition coefficient (Wildman–Crippen LogP) is 4.94. The van der Waals surface area contributed by atoms with Gasteiger partial charge in [-0.25, -0.2) is 0 Å². The van der Waals surface area contributed by atoms with Gasteiger partial charge in [0, 0.05) is 31.3 Å². The molecule has 2 aromatic carbocycles. The highest BCUT2D eigenvalue weighted by Crippen LogP contribution is 2.18. The van der Waals surface area contributed by atoms with Gasteiger partial charge < -0.3 is 14.5 Å². The fraction of sp³-hybridized carbons (Fsp3) is 0.222. The van der Waals surface area contributed by atoms with E-state index in [1.807, 2.05) is 36.5 Å². The van der Waals surface area contributed by atoms with E-state index < -0.39 is 0 Å². The summed E-state index contributed by atoms with van der Waals surface area (Å²) in [5.41, 5.74) is 5.20. The van der Waals surface area contributed by atoms with Gasteiger partial charge in [0.05, 0.1) is 24.6 Å². The van der Waals surface area contributed by atoms with Crippen LogP contribution in [0.5, 0.6) is 5.75 Å².